The Balaban J connectivity index is 1.72. The molecular weight excluding hydrogens is 367 g/mol. The summed E-state index contributed by atoms with van der Waals surface area (Å²) in [5.41, 5.74) is 4.17. The molecule has 0 spiro atoms. The molecule has 2 aromatic rings. The lowest BCUT2D eigenvalue weighted by molar-refractivity contribution is -1.04. The van der Waals surface area contributed by atoms with E-state index in [0.29, 0.717) is 18.0 Å². The van der Waals surface area contributed by atoms with E-state index in [9.17, 15) is 4.39 Å². The summed E-state index contributed by atoms with van der Waals surface area (Å²) < 4.78 is 13.9. The smallest absolute Gasteiger partial charge is 0.128 e. The van der Waals surface area contributed by atoms with Crippen LogP contribution in [0, 0.1) is 5.82 Å². The number of quaternary nitrogens is 2. The van der Waals surface area contributed by atoms with E-state index >= 15 is 0 Å². The first kappa shape index (κ1) is 19.9. The molecule has 1 saturated heterocycles. The van der Waals surface area contributed by atoms with Crippen LogP contribution in [0.4, 0.5) is 4.39 Å². The highest BCUT2D eigenvalue weighted by Crippen LogP contribution is 2.41. The molecule has 2 aliphatic heterocycles. The average Bonchev–Trinajstić information content (AvgIpc) is 2.83. The number of fused-ring (bicyclic) bond motifs is 2. The van der Waals surface area contributed by atoms with Gasteiger partial charge in [0.1, 0.15) is 38.0 Å². The van der Waals surface area contributed by atoms with Crippen LogP contribution in [0.15, 0.2) is 46.2 Å². The highest BCUT2D eigenvalue weighted by atomic mass is 32.2. The molecule has 2 nitrogen and oxygen atoms in total. The van der Waals surface area contributed by atoms with Gasteiger partial charge in [0, 0.05) is 21.8 Å². The van der Waals surface area contributed by atoms with Crippen molar-refractivity contribution in [3.8, 4) is 0 Å². The molecule has 0 unspecified atom stereocenters. The molecule has 0 aliphatic carbocycles. The Hall–Kier alpha value is -1.36. The summed E-state index contributed by atoms with van der Waals surface area (Å²) in [4.78, 5) is 5.83. The van der Waals surface area contributed by atoms with Crippen LogP contribution in [0.25, 0.3) is 0 Å². The van der Waals surface area contributed by atoms with Crippen molar-refractivity contribution in [2.24, 2.45) is 0 Å². The summed E-state index contributed by atoms with van der Waals surface area (Å²) in [7, 11) is 0. The third kappa shape index (κ3) is 4.00. The fraction of sp³-hybridized carbons (Fsp3) is 0.500. The molecule has 1 atom stereocenters. The fourth-order valence-corrected chi connectivity index (χ4v) is 5.86. The minimum Gasteiger partial charge on any atom is -0.324 e. The number of hydrogen-bond acceptors (Lipinski definition) is 1. The third-order valence-corrected chi connectivity index (χ3v) is 7.78. The van der Waals surface area contributed by atoms with Crippen LogP contribution in [0.5, 0.6) is 0 Å². The monoisotopic (exact) mass is 400 g/mol. The van der Waals surface area contributed by atoms with Gasteiger partial charge in [-0.3, -0.25) is 0 Å². The maximum absolute atomic E-state index is 13.9. The highest BCUT2D eigenvalue weighted by Gasteiger charge is 2.35. The first-order valence-corrected chi connectivity index (χ1v) is 11.5. The second kappa shape index (κ2) is 8.17. The van der Waals surface area contributed by atoms with Gasteiger partial charge >= 0.3 is 0 Å². The van der Waals surface area contributed by atoms with Crippen LogP contribution < -0.4 is 9.80 Å². The molecule has 2 aromatic carbocycles. The van der Waals surface area contributed by atoms with Crippen LogP contribution >= 0.6 is 11.8 Å². The number of halogens is 1. The van der Waals surface area contributed by atoms with Crippen molar-refractivity contribution in [1.29, 1.82) is 0 Å². The van der Waals surface area contributed by atoms with Gasteiger partial charge in [0.2, 0.25) is 0 Å². The first-order chi connectivity index (χ1) is 13.4. The van der Waals surface area contributed by atoms with Gasteiger partial charge < -0.3 is 9.80 Å². The molecule has 0 aromatic heterocycles. The van der Waals surface area contributed by atoms with Gasteiger partial charge in [0.05, 0.1) is 6.04 Å². The summed E-state index contributed by atoms with van der Waals surface area (Å²) in [6, 6.07) is 13.5. The molecule has 4 heteroatoms. The van der Waals surface area contributed by atoms with Crippen LogP contribution in [0.2, 0.25) is 0 Å². The third-order valence-electron chi connectivity index (χ3n) is 6.59. The molecule has 4 rings (SSSR count). The maximum Gasteiger partial charge on any atom is 0.128 e. The standard InChI is InChI=1S/C24H31FN2S/c1-16(2)18-6-8-23-21(13-18)22(27-11-9-26(10-12-27)17(3)4)14-19-5-7-20(25)15-24(19)28-23/h5-8,13,15-17,22H,9-12,14H2,1-4H3/p+2/t22-/m0/s1. The Morgan fingerprint density at radius 2 is 1.68 bits per heavy atom. The quantitative estimate of drug-likeness (QED) is 0.805. The fourth-order valence-electron chi connectivity index (χ4n) is 4.71. The van der Waals surface area contributed by atoms with E-state index in [1.165, 1.54) is 47.8 Å². The van der Waals surface area contributed by atoms with Crippen LogP contribution in [-0.2, 0) is 6.42 Å². The normalized spacial score (nSPS) is 24.8. The SMILES string of the molecule is CC(C)c1ccc2c(c1)[C@@H]([NH+]1CC[NH+](C(C)C)CC1)Cc1ccc(F)cc1S2. The summed E-state index contributed by atoms with van der Waals surface area (Å²) in [6.07, 6.45) is 1.00. The van der Waals surface area contributed by atoms with E-state index in [4.69, 9.17) is 0 Å². The molecule has 0 amide bonds. The van der Waals surface area contributed by atoms with Crippen molar-refractivity contribution in [3.05, 3.63) is 58.9 Å². The molecule has 2 N–H and O–H groups in total. The zero-order valence-electron chi connectivity index (χ0n) is 17.5. The number of benzene rings is 2. The molecule has 0 radical (unpaired) electrons. The lowest BCUT2D eigenvalue weighted by Crippen LogP contribution is -3.29. The van der Waals surface area contributed by atoms with Crippen LogP contribution in [0.3, 0.4) is 0 Å². The predicted octanol–water partition coefficient (Wildman–Crippen LogP) is 2.89. The minimum atomic E-state index is -0.133. The van der Waals surface area contributed by atoms with Crippen molar-refractivity contribution in [3.63, 3.8) is 0 Å². The van der Waals surface area contributed by atoms with Gasteiger partial charge in [-0.15, -0.1) is 0 Å². The second-order valence-electron chi connectivity index (χ2n) is 9.03. The van der Waals surface area contributed by atoms with Crippen molar-refractivity contribution < 1.29 is 14.2 Å². The first-order valence-electron chi connectivity index (χ1n) is 10.7. The van der Waals surface area contributed by atoms with Gasteiger partial charge in [-0.25, -0.2) is 4.39 Å². The molecule has 0 saturated carbocycles. The number of piperazine rings is 1. The second-order valence-corrected chi connectivity index (χ2v) is 10.1. The Morgan fingerprint density at radius 3 is 2.36 bits per heavy atom. The molecular formula is C24H33FN2S+2. The number of rotatable bonds is 3. The van der Waals surface area contributed by atoms with Gasteiger partial charge in [-0.2, -0.15) is 0 Å². The van der Waals surface area contributed by atoms with Crippen molar-refractivity contribution >= 4 is 11.8 Å². The van der Waals surface area contributed by atoms with E-state index < -0.39 is 0 Å². The molecule has 2 heterocycles. The lowest BCUT2D eigenvalue weighted by Gasteiger charge is -2.36. The minimum absolute atomic E-state index is 0.133. The summed E-state index contributed by atoms with van der Waals surface area (Å²) in [5.74, 6) is 0.391. The predicted molar refractivity (Wildman–Crippen MR) is 114 cm³/mol. The Bertz CT molecular complexity index is 840. The van der Waals surface area contributed by atoms with Crippen molar-refractivity contribution in [2.75, 3.05) is 26.2 Å². The van der Waals surface area contributed by atoms with E-state index in [1.807, 2.05) is 6.07 Å². The summed E-state index contributed by atoms with van der Waals surface area (Å²) >= 11 is 1.75. The van der Waals surface area contributed by atoms with Gasteiger partial charge in [0.15, 0.2) is 0 Å². The zero-order chi connectivity index (χ0) is 19.8. The molecule has 150 valence electrons. The van der Waals surface area contributed by atoms with Crippen molar-refractivity contribution in [1.82, 2.24) is 0 Å². The van der Waals surface area contributed by atoms with Crippen molar-refractivity contribution in [2.45, 2.75) is 61.9 Å². The van der Waals surface area contributed by atoms with E-state index in [1.54, 1.807) is 33.7 Å². The zero-order valence-corrected chi connectivity index (χ0v) is 18.3. The Kier molecular flexibility index (Phi) is 5.82. The average molecular weight is 401 g/mol. The molecule has 28 heavy (non-hydrogen) atoms. The van der Waals surface area contributed by atoms with Gasteiger partial charge in [0.25, 0.3) is 0 Å². The largest absolute Gasteiger partial charge is 0.324 e. The maximum atomic E-state index is 13.9. The number of nitrogens with one attached hydrogen (secondary N) is 2. The molecule has 2 aliphatic rings. The Morgan fingerprint density at radius 1 is 0.929 bits per heavy atom. The highest BCUT2D eigenvalue weighted by molar-refractivity contribution is 7.99. The Labute approximate surface area is 173 Å². The van der Waals surface area contributed by atoms with E-state index in [-0.39, 0.29) is 5.82 Å². The van der Waals surface area contributed by atoms with E-state index in [0.717, 1.165) is 11.3 Å². The van der Waals surface area contributed by atoms with Gasteiger partial charge in [-0.05, 0) is 55.2 Å². The number of hydrogen-bond donors (Lipinski definition) is 2. The topological polar surface area (TPSA) is 8.88 Å². The molecule has 1 fully saturated rings. The lowest BCUT2D eigenvalue weighted by atomic mass is 9.93. The van der Waals surface area contributed by atoms with Crippen LogP contribution in [0.1, 0.15) is 56.3 Å². The van der Waals surface area contributed by atoms with Crippen LogP contribution in [-0.4, -0.2) is 32.2 Å². The summed E-state index contributed by atoms with van der Waals surface area (Å²) in [5, 5.41) is 0. The van der Waals surface area contributed by atoms with E-state index in [2.05, 4.69) is 45.9 Å². The summed E-state index contributed by atoms with van der Waals surface area (Å²) in [6.45, 7) is 14.1. The van der Waals surface area contributed by atoms with Gasteiger partial charge in [-0.1, -0.05) is 37.7 Å². The molecule has 0 bridgehead atoms.